The maximum atomic E-state index is 12.0. The number of anilines is 1. The molecule has 0 spiro atoms. The molecule has 1 aromatic carbocycles. The van der Waals surface area contributed by atoms with Crippen LogP contribution in [0.3, 0.4) is 0 Å². The predicted molar refractivity (Wildman–Crippen MR) is 67.5 cm³/mol. The average Bonchev–Trinajstić information content (AvgIpc) is 2.33. The number of alkyl halides is 3. The summed E-state index contributed by atoms with van der Waals surface area (Å²) in [5, 5.41) is 0. The number of amides is 1. The van der Waals surface area contributed by atoms with Gasteiger partial charge in [0.2, 0.25) is 5.91 Å². The van der Waals surface area contributed by atoms with E-state index in [4.69, 9.17) is 5.73 Å². The third kappa shape index (κ3) is 5.63. The summed E-state index contributed by atoms with van der Waals surface area (Å²) in [5.74, 6) is -0.312. The molecular weight excluding hydrogens is 257 g/mol. The topological polar surface area (TPSA) is 46.3 Å². The Bertz CT molecular complexity index is 432. The van der Waals surface area contributed by atoms with Crippen molar-refractivity contribution in [2.24, 2.45) is 0 Å². The normalized spacial score (nSPS) is 11.4. The molecule has 0 atom stereocenters. The highest BCUT2D eigenvalue weighted by Gasteiger charge is 2.27. The van der Waals surface area contributed by atoms with Crippen LogP contribution >= 0.6 is 0 Å². The summed E-state index contributed by atoms with van der Waals surface area (Å²) >= 11 is 0. The lowest BCUT2D eigenvalue weighted by molar-refractivity contribution is -0.144. The zero-order valence-corrected chi connectivity index (χ0v) is 10.7. The van der Waals surface area contributed by atoms with E-state index in [9.17, 15) is 18.0 Å². The van der Waals surface area contributed by atoms with E-state index in [0.29, 0.717) is 12.1 Å². The Hall–Kier alpha value is -1.72. The summed E-state index contributed by atoms with van der Waals surface area (Å²) in [6, 6.07) is 7.13. The molecule has 6 heteroatoms. The minimum absolute atomic E-state index is 0.155. The zero-order valence-electron chi connectivity index (χ0n) is 10.7. The zero-order chi connectivity index (χ0) is 14.5. The lowest BCUT2D eigenvalue weighted by atomic mass is 10.1. The van der Waals surface area contributed by atoms with Gasteiger partial charge in [0.25, 0.3) is 0 Å². The Morgan fingerprint density at radius 3 is 2.53 bits per heavy atom. The molecule has 1 aromatic rings. The number of nitrogens with zero attached hydrogens (tertiary/aromatic N) is 1. The van der Waals surface area contributed by atoms with E-state index in [2.05, 4.69) is 0 Å². The summed E-state index contributed by atoms with van der Waals surface area (Å²) in [4.78, 5) is 12.8. The number of hydrogen-bond donors (Lipinski definition) is 1. The summed E-state index contributed by atoms with van der Waals surface area (Å²) in [5.41, 5.74) is 7.15. The lowest BCUT2D eigenvalue weighted by Crippen LogP contribution is -2.30. The van der Waals surface area contributed by atoms with Gasteiger partial charge in [-0.05, 0) is 18.1 Å². The molecule has 0 unspecified atom stereocenters. The van der Waals surface area contributed by atoms with Crippen molar-refractivity contribution >= 4 is 11.6 Å². The molecule has 0 radical (unpaired) electrons. The van der Waals surface area contributed by atoms with Crippen molar-refractivity contribution in [3.63, 3.8) is 0 Å². The molecule has 19 heavy (non-hydrogen) atoms. The van der Waals surface area contributed by atoms with E-state index in [-0.39, 0.29) is 18.9 Å². The lowest BCUT2D eigenvalue weighted by Gasteiger charge is -2.18. The van der Waals surface area contributed by atoms with Crippen molar-refractivity contribution in [2.45, 2.75) is 25.4 Å². The molecule has 0 fully saturated rings. The smallest absolute Gasteiger partial charge is 0.390 e. The van der Waals surface area contributed by atoms with Gasteiger partial charge in [0.15, 0.2) is 0 Å². The van der Waals surface area contributed by atoms with Crippen molar-refractivity contribution in [3.05, 3.63) is 29.8 Å². The first kappa shape index (κ1) is 15.3. The minimum atomic E-state index is -4.24. The minimum Gasteiger partial charge on any atom is -0.399 e. The van der Waals surface area contributed by atoms with Crippen molar-refractivity contribution in [1.82, 2.24) is 4.90 Å². The van der Waals surface area contributed by atoms with Crippen LogP contribution in [0.15, 0.2) is 24.3 Å². The predicted octanol–water partition coefficient (Wildman–Crippen LogP) is 2.61. The number of nitrogen functional groups attached to an aromatic ring is 1. The van der Waals surface area contributed by atoms with Gasteiger partial charge in [0.1, 0.15) is 0 Å². The van der Waals surface area contributed by atoms with Crippen LogP contribution in [0.4, 0.5) is 18.9 Å². The van der Waals surface area contributed by atoms with Crippen LogP contribution in [0, 0.1) is 0 Å². The van der Waals surface area contributed by atoms with E-state index in [1.807, 2.05) is 6.07 Å². The summed E-state index contributed by atoms with van der Waals surface area (Å²) < 4.78 is 36.1. The van der Waals surface area contributed by atoms with E-state index >= 15 is 0 Å². The summed E-state index contributed by atoms with van der Waals surface area (Å²) in [6.45, 7) is -0.313. The highest BCUT2D eigenvalue weighted by molar-refractivity contribution is 5.76. The summed E-state index contributed by atoms with van der Waals surface area (Å²) in [7, 11) is 1.38. The van der Waals surface area contributed by atoms with Gasteiger partial charge >= 0.3 is 6.18 Å². The number of halogens is 3. The molecule has 0 saturated carbocycles. The number of benzene rings is 1. The fourth-order valence-electron chi connectivity index (χ4n) is 1.61. The standard InChI is InChI=1S/C13H17F3N2O/c1-18(9-8-13(14,15)16)12(19)7-6-10-4-2-3-5-11(10)17/h2-5H,6-9,17H2,1H3. The van der Waals surface area contributed by atoms with Crippen molar-refractivity contribution in [2.75, 3.05) is 19.3 Å². The maximum absolute atomic E-state index is 12.0. The Labute approximate surface area is 110 Å². The van der Waals surface area contributed by atoms with Crippen LogP contribution in [0.5, 0.6) is 0 Å². The fraction of sp³-hybridized carbons (Fsp3) is 0.462. The largest absolute Gasteiger partial charge is 0.399 e. The van der Waals surface area contributed by atoms with Gasteiger partial charge in [0.05, 0.1) is 6.42 Å². The number of rotatable bonds is 5. The number of carbonyl (C=O) groups excluding carboxylic acids is 1. The Morgan fingerprint density at radius 2 is 1.95 bits per heavy atom. The van der Waals surface area contributed by atoms with Gasteiger partial charge in [-0.25, -0.2) is 0 Å². The highest BCUT2D eigenvalue weighted by Crippen LogP contribution is 2.20. The number of para-hydroxylation sites is 1. The first-order valence-corrected chi connectivity index (χ1v) is 5.93. The molecule has 0 aliphatic heterocycles. The first-order valence-electron chi connectivity index (χ1n) is 5.93. The van der Waals surface area contributed by atoms with Crippen molar-refractivity contribution in [1.29, 1.82) is 0 Å². The molecule has 1 rings (SSSR count). The van der Waals surface area contributed by atoms with Gasteiger partial charge in [-0.15, -0.1) is 0 Å². The van der Waals surface area contributed by atoms with Crippen LogP contribution in [-0.4, -0.2) is 30.6 Å². The second-order valence-corrected chi connectivity index (χ2v) is 4.38. The van der Waals surface area contributed by atoms with Gasteiger partial charge in [0, 0.05) is 25.7 Å². The van der Waals surface area contributed by atoms with Crippen molar-refractivity contribution < 1.29 is 18.0 Å². The second kappa shape index (κ2) is 6.45. The first-order chi connectivity index (χ1) is 8.79. The quantitative estimate of drug-likeness (QED) is 0.839. The summed E-state index contributed by atoms with van der Waals surface area (Å²) in [6.07, 6.45) is -4.63. The van der Waals surface area contributed by atoms with Crippen LogP contribution in [0.1, 0.15) is 18.4 Å². The van der Waals surface area contributed by atoms with E-state index in [1.54, 1.807) is 18.2 Å². The molecule has 106 valence electrons. The van der Waals surface area contributed by atoms with E-state index in [1.165, 1.54) is 7.05 Å². The SMILES string of the molecule is CN(CCC(F)(F)F)C(=O)CCc1ccccc1N. The molecular formula is C13H17F3N2O. The molecule has 3 nitrogen and oxygen atoms in total. The Kier molecular flexibility index (Phi) is 5.20. The molecule has 0 aliphatic rings. The van der Waals surface area contributed by atoms with Crippen LogP contribution in [0.2, 0.25) is 0 Å². The van der Waals surface area contributed by atoms with Gasteiger partial charge in [-0.1, -0.05) is 18.2 Å². The van der Waals surface area contributed by atoms with E-state index in [0.717, 1.165) is 10.5 Å². The third-order valence-electron chi connectivity index (χ3n) is 2.82. The monoisotopic (exact) mass is 274 g/mol. The van der Waals surface area contributed by atoms with Gasteiger partial charge in [-0.3, -0.25) is 4.79 Å². The number of aryl methyl sites for hydroxylation is 1. The second-order valence-electron chi connectivity index (χ2n) is 4.38. The maximum Gasteiger partial charge on any atom is 0.390 e. The van der Waals surface area contributed by atoms with E-state index < -0.39 is 12.6 Å². The highest BCUT2D eigenvalue weighted by atomic mass is 19.4. The molecule has 0 heterocycles. The number of nitrogens with two attached hydrogens (primary N) is 1. The van der Waals surface area contributed by atoms with Gasteiger partial charge < -0.3 is 10.6 Å². The molecule has 0 bridgehead atoms. The third-order valence-corrected chi connectivity index (χ3v) is 2.82. The van der Waals surface area contributed by atoms with Crippen LogP contribution in [-0.2, 0) is 11.2 Å². The van der Waals surface area contributed by atoms with Crippen LogP contribution in [0.25, 0.3) is 0 Å². The number of carbonyl (C=O) groups is 1. The molecule has 0 aliphatic carbocycles. The van der Waals surface area contributed by atoms with Crippen molar-refractivity contribution in [3.8, 4) is 0 Å². The van der Waals surface area contributed by atoms with Crippen LogP contribution < -0.4 is 5.73 Å². The molecule has 1 amide bonds. The van der Waals surface area contributed by atoms with Gasteiger partial charge in [-0.2, -0.15) is 13.2 Å². The fourth-order valence-corrected chi connectivity index (χ4v) is 1.61. The molecule has 2 N–H and O–H groups in total. The number of hydrogen-bond acceptors (Lipinski definition) is 2. The molecule has 0 saturated heterocycles. The average molecular weight is 274 g/mol. The Balaban J connectivity index is 2.41. The Morgan fingerprint density at radius 1 is 1.32 bits per heavy atom. The molecule has 0 aromatic heterocycles.